The van der Waals surface area contributed by atoms with Crippen molar-refractivity contribution >= 4 is 6.34 Å². The van der Waals surface area contributed by atoms with Crippen molar-refractivity contribution in [3.8, 4) is 0 Å². The Morgan fingerprint density at radius 3 is 2.95 bits per heavy atom. The molecule has 6 heteroatoms. The van der Waals surface area contributed by atoms with Gasteiger partial charge in [-0.3, -0.25) is 10.3 Å². The van der Waals surface area contributed by atoms with E-state index >= 15 is 0 Å². The largest absolute Gasteiger partial charge is 0.395 e. The highest BCUT2D eigenvalue weighted by Crippen LogP contribution is 2.15. The van der Waals surface area contributed by atoms with Gasteiger partial charge < -0.3 is 20.1 Å². The number of hydrogen-bond donors (Lipinski definition) is 3. The highest BCUT2D eigenvalue weighted by Gasteiger charge is 2.21. The zero-order valence-corrected chi connectivity index (χ0v) is 12.3. The Balaban J connectivity index is 2.75. The molecule has 110 valence electrons. The van der Waals surface area contributed by atoms with E-state index in [1.807, 2.05) is 0 Å². The van der Waals surface area contributed by atoms with E-state index in [2.05, 4.69) is 41.3 Å². The van der Waals surface area contributed by atoms with Gasteiger partial charge >= 0.3 is 0 Å². The maximum absolute atomic E-state index is 9.11. The first-order chi connectivity index (χ1) is 9.13. The van der Waals surface area contributed by atoms with Crippen molar-refractivity contribution in [2.45, 2.75) is 33.0 Å². The topological polar surface area (TPSA) is 69.1 Å². The van der Waals surface area contributed by atoms with Gasteiger partial charge in [0.2, 0.25) is 0 Å². The lowest BCUT2D eigenvalue weighted by Gasteiger charge is -2.32. The molecule has 2 atom stereocenters. The minimum Gasteiger partial charge on any atom is -0.395 e. The SMILES string of the molecule is CCN(CCO)C1=C(C)C(N[C@H](C)COC)N=CN1. The maximum atomic E-state index is 9.11. The average Bonchev–Trinajstić information content (AvgIpc) is 2.39. The molecule has 1 unspecified atom stereocenters. The molecule has 0 saturated carbocycles. The van der Waals surface area contributed by atoms with Gasteiger partial charge in [-0.2, -0.15) is 0 Å². The third-order valence-electron chi connectivity index (χ3n) is 3.14. The van der Waals surface area contributed by atoms with Crippen molar-refractivity contribution in [2.75, 3.05) is 33.4 Å². The van der Waals surface area contributed by atoms with Crippen LogP contribution in [0.3, 0.4) is 0 Å². The second kappa shape index (κ2) is 8.14. The van der Waals surface area contributed by atoms with Crippen LogP contribution in [0.5, 0.6) is 0 Å². The molecule has 0 radical (unpaired) electrons. The Hall–Kier alpha value is -1.11. The van der Waals surface area contributed by atoms with E-state index in [4.69, 9.17) is 9.84 Å². The molecule has 1 heterocycles. The van der Waals surface area contributed by atoms with E-state index in [1.54, 1.807) is 13.4 Å². The number of aliphatic hydroxyl groups is 1. The molecule has 0 amide bonds. The quantitative estimate of drug-likeness (QED) is 0.584. The smallest absolute Gasteiger partial charge is 0.127 e. The van der Waals surface area contributed by atoms with E-state index in [0.29, 0.717) is 13.2 Å². The molecular weight excluding hydrogens is 244 g/mol. The summed E-state index contributed by atoms with van der Waals surface area (Å²) in [4.78, 5) is 6.52. The molecule has 0 fully saturated rings. The molecule has 0 aromatic heterocycles. The van der Waals surface area contributed by atoms with Crippen LogP contribution < -0.4 is 10.6 Å². The van der Waals surface area contributed by atoms with Crippen molar-refractivity contribution in [1.29, 1.82) is 0 Å². The van der Waals surface area contributed by atoms with Crippen molar-refractivity contribution in [3.63, 3.8) is 0 Å². The maximum Gasteiger partial charge on any atom is 0.127 e. The van der Waals surface area contributed by atoms with E-state index in [0.717, 1.165) is 17.9 Å². The standard InChI is InChI=1S/C13H26N4O2/c1-5-17(6-7-18)13-11(3)12(14-9-15-13)16-10(2)8-19-4/h9-10,12,16,18H,5-8H2,1-4H3,(H,14,15)/t10-,12?/m1/s1. The van der Waals surface area contributed by atoms with Crippen LogP contribution in [0.25, 0.3) is 0 Å². The lowest BCUT2D eigenvalue weighted by molar-refractivity contribution is 0.168. The second-order valence-electron chi connectivity index (χ2n) is 4.68. The van der Waals surface area contributed by atoms with Gasteiger partial charge in [0.25, 0.3) is 0 Å². The van der Waals surface area contributed by atoms with Crippen molar-refractivity contribution in [1.82, 2.24) is 15.5 Å². The Morgan fingerprint density at radius 2 is 2.37 bits per heavy atom. The third kappa shape index (κ3) is 4.49. The Kier molecular flexibility index (Phi) is 6.83. The van der Waals surface area contributed by atoms with Crippen molar-refractivity contribution < 1.29 is 9.84 Å². The second-order valence-corrected chi connectivity index (χ2v) is 4.68. The van der Waals surface area contributed by atoms with Gasteiger partial charge in [0.15, 0.2) is 0 Å². The van der Waals surface area contributed by atoms with E-state index in [1.165, 1.54) is 0 Å². The Morgan fingerprint density at radius 1 is 1.63 bits per heavy atom. The Labute approximate surface area is 115 Å². The van der Waals surface area contributed by atoms with E-state index in [9.17, 15) is 0 Å². The van der Waals surface area contributed by atoms with Gasteiger partial charge in [0.05, 0.1) is 19.6 Å². The molecule has 0 aliphatic carbocycles. The Bertz CT molecular complexity index is 331. The van der Waals surface area contributed by atoms with Crippen LogP contribution in [0.15, 0.2) is 16.4 Å². The summed E-state index contributed by atoms with van der Waals surface area (Å²) in [7, 11) is 1.69. The first kappa shape index (κ1) is 15.9. The van der Waals surface area contributed by atoms with Crippen molar-refractivity contribution in [2.24, 2.45) is 4.99 Å². The lowest BCUT2D eigenvalue weighted by Crippen LogP contribution is -2.45. The van der Waals surface area contributed by atoms with Gasteiger partial charge in [-0.25, -0.2) is 0 Å². The number of hydrogen-bond acceptors (Lipinski definition) is 6. The van der Waals surface area contributed by atoms with E-state index < -0.39 is 0 Å². The molecule has 0 spiro atoms. The van der Waals surface area contributed by atoms with Crippen LogP contribution in [0, 0.1) is 0 Å². The molecule has 6 nitrogen and oxygen atoms in total. The molecule has 0 bridgehead atoms. The zero-order valence-electron chi connectivity index (χ0n) is 12.3. The average molecular weight is 270 g/mol. The fourth-order valence-corrected chi connectivity index (χ4v) is 2.15. The van der Waals surface area contributed by atoms with Gasteiger partial charge in [0, 0.05) is 31.8 Å². The van der Waals surface area contributed by atoms with Crippen LogP contribution >= 0.6 is 0 Å². The molecular formula is C13H26N4O2. The van der Waals surface area contributed by atoms with Gasteiger partial charge in [0.1, 0.15) is 12.0 Å². The van der Waals surface area contributed by atoms with Crippen LogP contribution in [-0.4, -0.2) is 62.0 Å². The lowest BCUT2D eigenvalue weighted by atomic mass is 10.1. The summed E-state index contributed by atoms with van der Waals surface area (Å²) in [6.07, 6.45) is 1.66. The van der Waals surface area contributed by atoms with Gasteiger partial charge in [-0.1, -0.05) is 0 Å². The number of nitrogens with zero attached hydrogens (tertiary/aromatic N) is 2. The fraction of sp³-hybridized carbons (Fsp3) is 0.769. The van der Waals surface area contributed by atoms with Crippen LogP contribution in [0.4, 0.5) is 0 Å². The minimum absolute atomic E-state index is 0.0471. The minimum atomic E-state index is -0.0471. The summed E-state index contributed by atoms with van der Waals surface area (Å²) in [5.74, 6) is 1.02. The first-order valence-corrected chi connectivity index (χ1v) is 6.73. The summed E-state index contributed by atoms with van der Waals surface area (Å²) >= 11 is 0. The number of rotatable bonds is 8. The number of aliphatic imine (C=N–C) groups is 1. The number of nitrogens with one attached hydrogen (secondary N) is 2. The molecule has 3 N–H and O–H groups in total. The zero-order chi connectivity index (χ0) is 14.3. The van der Waals surface area contributed by atoms with Crippen LogP contribution in [0.2, 0.25) is 0 Å². The number of ether oxygens (including phenoxy) is 1. The highest BCUT2D eigenvalue weighted by molar-refractivity contribution is 5.60. The fourth-order valence-electron chi connectivity index (χ4n) is 2.15. The summed E-state index contributed by atoms with van der Waals surface area (Å²) in [6, 6.07) is 0.231. The predicted octanol–water partition coefficient (Wildman–Crippen LogP) is 0.114. The molecule has 19 heavy (non-hydrogen) atoms. The summed E-state index contributed by atoms with van der Waals surface area (Å²) in [5, 5.41) is 15.7. The molecule has 0 aromatic rings. The molecule has 1 rings (SSSR count). The number of aliphatic hydroxyl groups excluding tert-OH is 1. The van der Waals surface area contributed by atoms with E-state index in [-0.39, 0.29) is 18.8 Å². The summed E-state index contributed by atoms with van der Waals surface area (Å²) < 4.78 is 5.12. The molecule has 0 saturated heterocycles. The molecule has 1 aliphatic rings. The summed E-state index contributed by atoms with van der Waals surface area (Å²) in [6.45, 7) is 8.44. The third-order valence-corrected chi connectivity index (χ3v) is 3.14. The van der Waals surface area contributed by atoms with Crippen LogP contribution in [0.1, 0.15) is 20.8 Å². The molecule has 1 aliphatic heterocycles. The normalized spacial score (nSPS) is 20.4. The van der Waals surface area contributed by atoms with Gasteiger partial charge in [-0.05, 0) is 20.8 Å². The predicted molar refractivity (Wildman–Crippen MR) is 76.9 cm³/mol. The van der Waals surface area contributed by atoms with Crippen LogP contribution in [-0.2, 0) is 4.74 Å². The number of likely N-dealkylation sites (N-methyl/N-ethyl adjacent to an activating group) is 1. The summed E-state index contributed by atoms with van der Waals surface area (Å²) in [5.41, 5.74) is 1.13. The van der Waals surface area contributed by atoms with Gasteiger partial charge in [-0.15, -0.1) is 0 Å². The first-order valence-electron chi connectivity index (χ1n) is 6.73. The monoisotopic (exact) mass is 270 g/mol. The highest BCUT2D eigenvalue weighted by atomic mass is 16.5. The molecule has 0 aromatic carbocycles. The van der Waals surface area contributed by atoms with Crippen molar-refractivity contribution in [3.05, 3.63) is 11.4 Å². The number of methoxy groups -OCH3 is 1.